The number of benzene rings is 1. The van der Waals surface area contributed by atoms with Crippen molar-refractivity contribution in [2.75, 3.05) is 33.4 Å². The van der Waals surface area contributed by atoms with Crippen molar-refractivity contribution in [3.63, 3.8) is 0 Å². The molecule has 0 aliphatic carbocycles. The summed E-state index contributed by atoms with van der Waals surface area (Å²) in [6, 6.07) is 7.65. The van der Waals surface area contributed by atoms with Gasteiger partial charge in [0.2, 0.25) is 0 Å². The highest BCUT2D eigenvalue weighted by molar-refractivity contribution is 6.00. The van der Waals surface area contributed by atoms with Gasteiger partial charge in [0.05, 0.1) is 5.52 Å². The lowest BCUT2D eigenvalue weighted by atomic mass is 10.0. The van der Waals surface area contributed by atoms with E-state index in [0.717, 1.165) is 49.7 Å². The molecule has 1 aromatic carbocycles. The van der Waals surface area contributed by atoms with Crippen molar-refractivity contribution in [2.45, 2.75) is 58.2 Å². The number of carboxylic acids is 1. The molecule has 2 heterocycles. The molecule has 0 bridgehead atoms. The van der Waals surface area contributed by atoms with Gasteiger partial charge in [-0.1, -0.05) is 12.1 Å². The Morgan fingerprint density at radius 1 is 1.30 bits per heavy atom. The number of aromatic nitrogens is 1. The second-order valence-electron chi connectivity index (χ2n) is 8.56. The summed E-state index contributed by atoms with van der Waals surface area (Å²) in [6.07, 6.45) is 3.73. The van der Waals surface area contributed by atoms with Gasteiger partial charge in [0.25, 0.3) is 5.91 Å². The van der Waals surface area contributed by atoms with Gasteiger partial charge in [-0.3, -0.25) is 4.79 Å². The average Bonchev–Trinajstić information content (AvgIpc) is 3.15. The summed E-state index contributed by atoms with van der Waals surface area (Å²) in [5, 5.41) is 13.4. The van der Waals surface area contributed by atoms with Crippen LogP contribution in [-0.4, -0.2) is 71.9 Å². The van der Waals surface area contributed by atoms with Crippen molar-refractivity contribution >= 4 is 35.2 Å². The molecule has 9 heteroatoms. The fourth-order valence-corrected chi connectivity index (χ4v) is 4.50. The number of para-hydroxylation sites is 1. The summed E-state index contributed by atoms with van der Waals surface area (Å²) >= 11 is 0. The minimum absolute atomic E-state index is 0. The minimum atomic E-state index is -1.03. The molecule has 1 atom stereocenters. The number of rotatable bonds is 11. The number of hydrogen-bond donors (Lipinski definition) is 2. The normalized spacial score (nSPS) is 15.9. The van der Waals surface area contributed by atoms with Crippen LogP contribution in [0, 0.1) is 0 Å². The molecule has 2 N–H and O–H groups in total. The first kappa shape index (κ1) is 27.0. The molecule has 1 aromatic heterocycles. The Labute approximate surface area is 201 Å². The van der Waals surface area contributed by atoms with Gasteiger partial charge in [-0.2, -0.15) is 0 Å². The van der Waals surface area contributed by atoms with Crippen LogP contribution in [-0.2, 0) is 16.1 Å². The minimum Gasteiger partial charge on any atom is -0.480 e. The SMILES string of the molecule is COCCCCn1c(C(=O)N(C(C)C)[C@@H]2CCCNC2)cc2cccc(OCC(=O)O)c21.Cl. The molecule has 33 heavy (non-hydrogen) atoms. The van der Waals surface area contributed by atoms with Crippen molar-refractivity contribution in [3.8, 4) is 5.75 Å². The highest BCUT2D eigenvalue weighted by atomic mass is 35.5. The third-order valence-corrected chi connectivity index (χ3v) is 5.89. The van der Waals surface area contributed by atoms with Crippen LogP contribution in [0.15, 0.2) is 24.3 Å². The van der Waals surface area contributed by atoms with Crippen LogP contribution in [0.3, 0.4) is 0 Å². The molecule has 1 fully saturated rings. The predicted molar refractivity (Wildman–Crippen MR) is 131 cm³/mol. The summed E-state index contributed by atoms with van der Waals surface area (Å²) in [6.45, 7) is 6.74. The molecule has 2 aromatic rings. The van der Waals surface area contributed by atoms with Gasteiger partial charge in [0.1, 0.15) is 11.4 Å². The van der Waals surface area contributed by atoms with Crippen molar-refractivity contribution in [3.05, 3.63) is 30.0 Å². The van der Waals surface area contributed by atoms with Crippen molar-refractivity contribution < 1.29 is 24.2 Å². The van der Waals surface area contributed by atoms with E-state index in [1.807, 2.05) is 27.7 Å². The molecule has 0 spiro atoms. The van der Waals surface area contributed by atoms with Crippen molar-refractivity contribution in [1.29, 1.82) is 0 Å². The number of amides is 1. The quantitative estimate of drug-likeness (QED) is 0.477. The first-order valence-electron chi connectivity index (χ1n) is 11.4. The second kappa shape index (κ2) is 12.8. The predicted octanol–water partition coefficient (Wildman–Crippen LogP) is 3.56. The Bertz CT molecular complexity index is 924. The Morgan fingerprint density at radius 2 is 2.09 bits per heavy atom. The summed E-state index contributed by atoms with van der Waals surface area (Å²) in [5.41, 5.74) is 1.38. The van der Waals surface area contributed by atoms with E-state index in [9.17, 15) is 9.59 Å². The van der Waals surface area contributed by atoms with Crippen LogP contribution < -0.4 is 10.1 Å². The van der Waals surface area contributed by atoms with Crippen LogP contribution in [0.1, 0.15) is 50.0 Å². The molecule has 1 amide bonds. The molecule has 0 saturated carbocycles. The number of carbonyl (C=O) groups is 2. The van der Waals surface area contributed by atoms with E-state index in [2.05, 4.69) is 19.2 Å². The van der Waals surface area contributed by atoms with Gasteiger partial charge >= 0.3 is 5.97 Å². The van der Waals surface area contributed by atoms with E-state index < -0.39 is 12.6 Å². The number of carboxylic acid groups (broad SMARTS) is 1. The number of aryl methyl sites for hydroxylation is 1. The third-order valence-electron chi connectivity index (χ3n) is 5.89. The number of unbranched alkanes of at least 4 members (excludes halogenated alkanes) is 1. The number of nitrogens with zero attached hydrogens (tertiary/aromatic N) is 2. The monoisotopic (exact) mass is 481 g/mol. The van der Waals surface area contributed by atoms with E-state index in [-0.39, 0.29) is 30.4 Å². The maximum absolute atomic E-state index is 13.9. The summed E-state index contributed by atoms with van der Waals surface area (Å²) < 4.78 is 12.8. The molecule has 1 aliphatic heterocycles. The topological polar surface area (TPSA) is 93.0 Å². The number of carbonyl (C=O) groups excluding carboxylic acids is 1. The van der Waals surface area contributed by atoms with E-state index in [4.69, 9.17) is 14.6 Å². The largest absolute Gasteiger partial charge is 0.480 e. The van der Waals surface area contributed by atoms with E-state index in [1.165, 1.54) is 0 Å². The van der Waals surface area contributed by atoms with Gasteiger partial charge in [-0.25, -0.2) is 4.79 Å². The van der Waals surface area contributed by atoms with E-state index in [0.29, 0.717) is 24.6 Å². The number of fused-ring (bicyclic) bond motifs is 1. The number of ether oxygens (including phenoxy) is 2. The first-order valence-corrected chi connectivity index (χ1v) is 11.4. The lowest BCUT2D eigenvalue weighted by Gasteiger charge is -2.37. The van der Waals surface area contributed by atoms with E-state index in [1.54, 1.807) is 13.2 Å². The molecule has 1 aliphatic rings. The molecular weight excluding hydrogens is 446 g/mol. The number of aliphatic carboxylic acids is 1. The number of nitrogens with one attached hydrogen (secondary N) is 1. The maximum Gasteiger partial charge on any atom is 0.341 e. The smallest absolute Gasteiger partial charge is 0.341 e. The Hall–Kier alpha value is -2.29. The van der Waals surface area contributed by atoms with Gasteiger partial charge in [-0.05, 0) is 58.2 Å². The number of halogens is 1. The third kappa shape index (κ3) is 6.62. The zero-order valence-electron chi connectivity index (χ0n) is 19.7. The fourth-order valence-electron chi connectivity index (χ4n) is 4.50. The Morgan fingerprint density at radius 3 is 2.73 bits per heavy atom. The van der Waals surface area contributed by atoms with Crippen LogP contribution >= 0.6 is 12.4 Å². The zero-order valence-corrected chi connectivity index (χ0v) is 20.5. The summed E-state index contributed by atoms with van der Waals surface area (Å²) in [4.78, 5) is 26.9. The van der Waals surface area contributed by atoms with Gasteiger partial charge < -0.3 is 29.4 Å². The maximum atomic E-state index is 13.9. The van der Waals surface area contributed by atoms with Gasteiger partial charge in [0.15, 0.2) is 6.61 Å². The van der Waals surface area contributed by atoms with Crippen LogP contribution in [0.4, 0.5) is 0 Å². The van der Waals surface area contributed by atoms with Crippen LogP contribution in [0.2, 0.25) is 0 Å². The van der Waals surface area contributed by atoms with Crippen LogP contribution in [0.5, 0.6) is 5.75 Å². The fraction of sp³-hybridized carbons (Fsp3) is 0.583. The highest BCUT2D eigenvalue weighted by Gasteiger charge is 2.31. The van der Waals surface area contributed by atoms with Crippen molar-refractivity contribution in [2.24, 2.45) is 0 Å². The summed E-state index contributed by atoms with van der Waals surface area (Å²) in [5.74, 6) is -0.556. The molecule has 3 rings (SSSR count). The molecule has 0 radical (unpaired) electrons. The molecule has 0 unspecified atom stereocenters. The lowest BCUT2D eigenvalue weighted by Crippen LogP contribution is -2.52. The molecular formula is C24H36ClN3O5. The van der Waals surface area contributed by atoms with E-state index >= 15 is 0 Å². The second-order valence-corrected chi connectivity index (χ2v) is 8.56. The molecule has 1 saturated heterocycles. The first-order chi connectivity index (χ1) is 15.4. The zero-order chi connectivity index (χ0) is 23.1. The number of methoxy groups -OCH3 is 1. The average molecular weight is 482 g/mol. The Kier molecular flexibility index (Phi) is 10.5. The van der Waals surface area contributed by atoms with Gasteiger partial charge in [-0.15, -0.1) is 12.4 Å². The molecule has 184 valence electrons. The standard InChI is InChI=1S/C24H35N3O5.ClH/c1-17(2)27(19-9-7-11-25-15-19)24(30)20-14-18-8-6-10-21(32-16-22(28)29)23(18)26(20)12-4-5-13-31-3;/h6,8,10,14,17,19,25H,4-5,7,9,11-13,15-16H2,1-3H3,(H,28,29);1H/t19-;/m1./s1. The number of piperidine rings is 1. The van der Waals surface area contributed by atoms with Gasteiger partial charge in [0, 0.05) is 44.3 Å². The lowest BCUT2D eigenvalue weighted by molar-refractivity contribution is -0.139. The highest BCUT2D eigenvalue weighted by Crippen LogP contribution is 2.31. The van der Waals surface area contributed by atoms with Crippen LogP contribution in [0.25, 0.3) is 10.9 Å². The number of hydrogen-bond acceptors (Lipinski definition) is 5. The van der Waals surface area contributed by atoms with Crippen molar-refractivity contribution in [1.82, 2.24) is 14.8 Å². The Balaban J connectivity index is 0.00000385. The molecule has 8 nitrogen and oxygen atoms in total. The summed E-state index contributed by atoms with van der Waals surface area (Å²) in [7, 11) is 1.68.